The average molecular weight is 314 g/mol. The Kier molecular flexibility index (Phi) is 4.89. The van der Waals surface area contributed by atoms with Gasteiger partial charge in [0.25, 0.3) is 0 Å². The molecule has 23 heavy (non-hydrogen) atoms. The average Bonchev–Trinajstić information content (AvgIpc) is 2.50. The van der Waals surface area contributed by atoms with E-state index in [0.717, 1.165) is 28.0 Å². The second-order valence-corrected chi connectivity index (χ2v) is 5.38. The van der Waals surface area contributed by atoms with E-state index in [-0.39, 0.29) is 12.3 Å². The molecule has 5 heteroatoms. The minimum Gasteiger partial charge on any atom is -0.496 e. The molecule has 2 N–H and O–H groups in total. The smallest absolute Gasteiger partial charge is 0.359 e. The summed E-state index contributed by atoms with van der Waals surface area (Å²) in [6.07, 6.45) is 0. The Morgan fingerprint density at radius 2 is 1.96 bits per heavy atom. The van der Waals surface area contributed by atoms with Crippen molar-refractivity contribution in [2.75, 3.05) is 19.5 Å². The second-order valence-electron chi connectivity index (χ2n) is 5.38. The van der Waals surface area contributed by atoms with E-state index in [9.17, 15) is 4.79 Å². The van der Waals surface area contributed by atoms with Crippen molar-refractivity contribution in [3.63, 3.8) is 0 Å². The Hall–Kier alpha value is -2.56. The van der Waals surface area contributed by atoms with Crippen LogP contribution in [0.2, 0.25) is 0 Å². The van der Waals surface area contributed by atoms with Crippen molar-refractivity contribution in [3.8, 4) is 16.9 Å². The number of aryl methyl sites for hydroxylation is 2. The first-order valence-corrected chi connectivity index (χ1v) is 7.49. The van der Waals surface area contributed by atoms with Crippen molar-refractivity contribution in [3.05, 3.63) is 40.7 Å². The number of carbonyl (C=O) groups excluding carboxylic acids is 1. The summed E-state index contributed by atoms with van der Waals surface area (Å²) in [5.74, 6) is 0.269. The Bertz CT molecular complexity index is 754. The van der Waals surface area contributed by atoms with Gasteiger partial charge in [-0.2, -0.15) is 0 Å². The molecule has 5 nitrogen and oxygen atoms in total. The summed E-state index contributed by atoms with van der Waals surface area (Å²) in [6.45, 7) is 7.83. The van der Waals surface area contributed by atoms with Gasteiger partial charge in [-0.25, -0.2) is 9.78 Å². The van der Waals surface area contributed by atoms with Gasteiger partial charge >= 0.3 is 5.97 Å². The fourth-order valence-electron chi connectivity index (χ4n) is 2.71. The topological polar surface area (TPSA) is 74.4 Å². The fourth-order valence-corrected chi connectivity index (χ4v) is 2.71. The largest absolute Gasteiger partial charge is 0.496 e. The zero-order valence-corrected chi connectivity index (χ0v) is 14.2. The lowest BCUT2D eigenvalue weighted by molar-refractivity contribution is 0.0520. The van der Waals surface area contributed by atoms with Gasteiger partial charge in [0.2, 0.25) is 0 Å². The molecule has 1 aromatic carbocycles. The number of ether oxygens (including phenoxy) is 2. The molecule has 0 aliphatic carbocycles. The monoisotopic (exact) mass is 314 g/mol. The number of carbonyl (C=O) groups is 1. The predicted molar refractivity (Wildman–Crippen MR) is 90.8 cm³/mol. The molecule has 0 aliphatic heterocycles. The normalized spacial score (nSPS) is 10.5. The minimum atomic E-state index is -0.506. The van der Waals surface area contributed by atoms with E-state index in [1.165, 1.54) is 0 Å². The number of aromatic nitrogens is 1. The van der Waals surface area contributed by atoms with Crippen LogP contribution in [0.4, 0.5) is 5.69 Å². The summed E-state index contributed by atoms with van der Waals surface area (Å²) < 4.78 is 10.5. The van der Waals surface area contributed by atoms with Crippen molar-refractivity contribution in [1.82, 2.24) is 4.98 Å². The number of hydrogen-bond acceptors (Lipinski definition) is 5. The highest BCUT2D eigenvalue weighted by atomic mass is 16.5. The molecular weight excluding hydrogens is 292 g/mol. The van der Waals surface area contributed by atoms with Gasteiger partial charge in [-0.05, 0) is 56.5 Å². The van der Waals surface area contributed by atoms with Crippen LogP contribution >= 0.6 is 0 Å². The van der Waals surface area contributed by atoms with Crippen molar-refractivity contribution < 1.29 is 14.3 Å². The number of esters is 1. The summed E-state index contributed by atoms with van der Waals surface area (Å²) in [7, 11) is 1.63. The van der Waals surface area contributed by atoms with E-state index in [0.29, 0.717) is 11.4 Å². The molecule has 0 saturated carbocycles. The molecule has 1 aromatic heterocycles. The molecule has 0 radical (unpaired) electrons. The summed E-state index contributed by atoms with van der Waals surface area (Å²) in [6, 6.07) is 5.78. The molecular formula is C18H22N2O3. The second kappa shape index (κ2) is 6.69. The van der Waals surface area contributed by atoms with Gasteiger partial charge in [0.1, 0.15) is 5.75 Å². The van der Waals surface area contributed by atoms with Crippen LogP contribution in [0, 0.1) is 20.8 Å². The SMILES string of the molecule is CCOC(=O)c1nc(C)cc(-c2c(C)ccc(OC)c2C)c1N. The van der Waals surface area contributed by atoms with Gasteiger partial charge < -0.3 is 15.2 Å². The number of benzene rings is 1. The first-order chi connectivity index (χ1) is 10.9. The first-order valence-electron chi connectivity index (χ1n) is 7.49. The lowest BCUT2D eigenvalue weighted by atomic mass is 9.93. The van der Waals surface area contributed by atoms with Crippen LogP contribution in [0.1, 0.15) is 34.2 Å². The minimum absolute atomic E-state index is 0.156. The maximum Gasteiger partial charge on any atom is 0.359 e. The number of pyridine rings is 1. The molecule has 2 rings (SSSR count). The van der Waals surface area contributed by atoms with Gasteiger partial charge in [0.15, 0.2) is 5.69 Å². The van der Waals surface area contributed by atoms with Crippen LogP contribution < -0.4 is 10.5 Å². The fraction of sp³-hybridized carbons (Fsp3) is 0.333. The number of rotatable bonds is 4. The van der Waals surface area contributed by atoms with E-state index in [4.69, 9.17) is 15.2 Å². The van der Waals surface area contributed by atoms with E-state index in [1.807, 2.05) is 39.0 Å². The molecule has 0 saturated heterocycles. The maximum absolute atomic E-state index is 12.1. The van der Waals surface area contributed by atoms with Crippen LogP contribution in [-0.4, -0.2) is 24.7 Å². The molecule has 2 aromatic rings. The summed E-state index contributed by atoms with van der Waals surface area (Å²) >= 11 is 0. The highest BCUT2D eigenvalue weighted by Gasteiger charge is 2.20. The van der Waals surface area contributed by atoms with Gasteiger partial charge in [-0.3, -0.25) is 0 Å². The van der Waals surface area contributed by atoms with E-state index >= 15 is 0 Å². The highest BCUT2D eigenvalue weighted by Crippen LogP contribution is 2.37. The summed E-state index contributed by atoms with van der Waals surface area (Å²) in [4.78, 5) is 16.4. The van der Waals surface area contributed by atoms with Crippen molar-refractivity contribution in [2.45, 2.75) is 27.7 Å². The summed E-state index contributed by atoms with van der Waals surface area (Å²) in [5, 5.41) is 0. The zero-order chi connectivity index (χ0) is 17.1. The Morgan fingerprint density at radius 1 is 1.26 bits per heavy atom. The molecule has 0 aliphatic rings. The number of nitrogens with zero attached hydrogens (tertiary/aromatic N) is 1. The lowest BCUT2D eigenvalue weighted by Gasteiger charge is -2.17. The van der Waals surface area contributed by atoms with Crippen molar-refractivity contribution >= 4 is 11.7 Å². The number of nitrogens with two attached hydrogens (primary N) is 1. The number of methoxy groups -OCH3 is 1. The number of anilines is 1. The van der Waals surface area contributed by atoms with E-state index < -0.39 is 5.97 Å². The Balaban J connectivity index is 2.72. The first kappa shape index (κ1) is 16.8. The summed E-state index contributed by atoms with van der Waals surface area (Å²) in [5.41, 5.74) is 11.2. The molecule has 0 amide bonds. The Morgan fingerprint density at radius 3 is 2.57 bits per heavy atom. The quantitative estimate of drug-likeness (QED) is 0.875. The van der Waals surface area contributed by atoms with Crippen molar-refractivity contribution in [2.24, 2.45) is 0 Å². The predicted octanol–water partition coefficient (Wildman–Crippen LogP) is 3.44. The molecule has 0 bridgehead atoms. The van der Waals surface area contributed by atoms with Gasteiger partial charge in [0, 0.05) is 11.3 Å². The standard InChI is InChI=1S/C18H22N2O3/c1-6-23-18(21)17-16(19)13(9-11(3)20-17)15-10(2)7-8-14(22-5)12(15)4/h7-9H,6,19H2,1-5H3. The van der Waals surface area contributed by atoms with E-state index in [1.54, 1.807) is 14.0 Å². The molecule has 122 valence electrons. The molecule has 0 atom stereocenters. The van der Waals surface area contributed by atoms with Crippen LogP contribution in [0.15, 0.2) is 18.2 Å². The van der Waals surface area contributed by atoms with Crippen LogP contribution in [0.3, 0.4) is 0 Å². The highest BCUT2D eigenvalue weighted by molar-refractivity contribution is 5.98. The molecule has 0 unspecified atom stereocenters. The van der Waals surface area contributed by atoms with Gasteiger partial charge in [-0.1, -0.05) is 6.07 Å². The third kappa shape index (κ3) is 3.13. The van der Waals surface area contributed by atoms with Crippen LogP contribution in [-0.2, 0) is 4.74 Å². The van der Waals surface area contributed by atoms with Crippen molar-refractivity contribution in [1.29, 1.82) is 0 Å². The molecule has 0 fully saturated rings. The zero-order valence-electron chi connectivity index (χ0n) is 14.2. The third-order valence-corrected chi connectivity index (χ3v) is 3.77. The lowest BCUT2D eigenvalue weighted by Crippen LogP contribution is -2.12. The number of nitrogen functional groups attached to an aromatic ring is 1. The van der Waals surface area contributed by atoms with E-state index in [2.05, 4.69) is 4.98 Å². The third-order valence-electron chi connectivity index (χ3n) is 3.77. The number of hydrogen-bond donors (Lipinski definition) is 1. The Labute approximate surface area is 136 Å². The van der Waals surface area contributed by atoms with Gasteiger partial charge in [0.05, 0.1) is 19.4 Å². The molecule has 0 spiro atoms. The maximum atomic E-state index is 12.1. The molecule has 1 heterocycles. The van der Waals surface area contributed by atoms with Gasteiger partial charge in [-0.15, -0.1) is 0 Å². The van der Waals surface area contributed by atoms with Crippen LogP contribution in [0.25, 0.3) is 11.1 Å². The van der Waals surface area contributed by atoms with Crippen LogP contribution in [0.5, 0.6) is 5.75 Å².